The predicted octanol–water partition coefficient (Wildman–Crippen LogP) is 0.582. The SMILES string of the molecule is O=C(COc1ccc(C(F)(F)F)nc1)NC12CC(NC(=O)C3CNC(C(F)F)CN3)(C1)C2. The largest absolute Gasteiger partial charge is 0.482 e. The summed E-state index contributed by atoms with van der Waals surface area (Å²) in [4.78, 5) is 27.8. The molecule has 4 aliphatic rings. The summed E-state index contributed by atoms with van der Waals surface area (Å²) < 4.78 is 68.0. The maximum absolute atomic E-state index is 12.7. The highest BCUT2D eigenvalue weighted by molar-refractivity contribution is 5.84. The van der Waals surface area contributed by atoms with E-state index in [1.807, 2.05) is 0 Å². The lowest BCUT2D eigenvalue weighted by molar-refractivity contribution is -0.151. The zero-order chi connectivity index (χ0) is 23.1. The Labute approximate surface area is 179 Å². The van der Waals surface area contributed by atoms with Gasteiger partial charge in [0.05, 0.1) is 18.3 Å². The third-order valence-electron chi connectivity index (χ3n) is 6.01. The van der Waals surface area contributed by atoms with Gasteiger partial charge in [0, 0.05) is 24.2 Å². The number of hydrogen-bond acceptors (Lipinski definition) is 6. The van der Waals surface area contributed by atoms with Crippen LogP contribution in [0.15, 0.2) is 18.3 Å². The minimum absolute atomic E-state index is 0.00278. The number of nitrogens with one attached hydrogen (secondary N) is 4. The number of carbonyl (C=O) groups excluding carboxylic acids is 2. The van der Waals surface area contributed by atoms with E-state index in [0.29, 0.717) is 19.3 Å². The van der Waals surface area contributed by atoms with Crippen molar-refractivity contribution in [2.24, 2.45) is 0 Å². The number of hydrogen-bond donors (Lipinski definition) is 4. The molecule has 1 aromatic rings. The Morgan fingerprint density at radius 3 is 2.34 bits per heavy atom. The number of amides is 2. The standard InChI is InChI=1S/C19H22F5N5O3/c20-15(21)11-4-26-12(5-25-11)16(31)29-18-7-17(8-18,9-18)28-14(30)6-32-10-1-2-13(27-3-10)19(22,23)24/h1-3,11-12,15,25-26H,4-9H2,(H,28,30)(H,29,31). The summed E-state index contributed by atoms with van der Waals surface area (Å²) in [5, 5.41) is 11.2. The second-order valence-corrected chi connectivity index (χ2v) is 8.60. The van der Waals surface area contributed by atoms with Crippen LogP contribution in [0.2, 0.25) is 0 Å². The third kappa shape index (κ3) is 4.63. The molecule has 2 bridgehead atoms. The first-order chi connectivity index (χ1) is 15.0. The number of alkyl halides is 5. The number of nitrogens with zero attached hydrogens (tertiary/aromatic N) is 1. The van der Waals surface area contributed by atoms with Crippen molar-refractivity contribution in [1.29, 1.82) is 0 Å². The van der Waals surface area contributed by atoms with Gasteiger partial charge < -0.3 is 26.0 Å². The van der Waals surface area contributed by atoms with Gasteiger partial charge in [-0.15, -0.1) is 0 Å². The van der Waals surface area contributed by atoms with E-state index in [-0.39, 0.29) is 31.4 Å². The van der Waals surface area contributed by atoms with Crippen LogP contribution in [-0.2, 0) is 15.8 Å². The van der Waals surface area contributed by atoms with Crippen LogP contribution in [0.3, 0.4) is 0 Å². The molecule has 176 valence electrons. The van der Waals surface area contributed by atoms with Gasteiger partial charge in [-0.05, 0) is 31.4 Å². The Kier molecular flexibility index (Phi) is 5.74. The first kappa shape index (κ1) is 22.6. The Bertz CT molecular complexity index is 851. The predicted molar refractivity (Wildman–Crippen MR) is 99.9 cm³/mol. The van der Waals surface area contributed by atoms with Crippen LogP contribution < -0.4 is 26.0 Å². The van der Waals surface area contributed by atoms with Crippen LogP contribution in [-0.4, -0.2) is 66.1 Å². The van der Waals surface area contributed by atoms with E-state index in [1.54, 1.807) is 0 Å². The smallest absolute Gasteiger partial charge is 0.433 e. The number of carbonyl (C=O) groups is 2. The lowest BCUT2D eigenvalue weighted by atomic mass is 9.44. The molecule has 13 heteroatoms. The van der Waals surface area contributed by atoms with Crippen molar-refractivity contribution < 1.29 is 36.3 Å². The average Bonchev–Trinajstić information content (AvgIpc) is 2.69. The summed E-state index contributed by atoms with van der Waals surface area (Å²) in [6.07, 6.45) is -4.54. The molecule has 1 aromatic heterocycles. The molecule has 3 aliphatic carbocycles. The average molecular weight is 463 g/mol. The quantitative estimate of drug-likeness (QED) is 0.441. The molecular weight excluding hydrogens is 441 g/mol. The summed E-state index contributed by atoms with van der Waals surface area (Å²) in [6.45, 7) is -0.275. The van der Waals surface area contributed by atoms with Gasteiger partial charge in [-0.2, -0.15) is 13.2 Å². The molecule has 2 unspecified atom stereocenters. The second kappa shape index (κ2) is 8.10. The highest BCUT2D eigenvalue weighted by Crippen LogP contribution is 2.60. The Balaban J connectivity index is 1.17. The molecule has 5 rings (SSSR count). The van der Waals surface area contributed by atoms with Crippen molar-refractivity contribution in [1.82, 2.24) is 26.3 Å². The Morgan fingerprint density at radius 2 is 1.81 bits per heavy atom. The van der Waals surface area contributed by atoms with Gasteiger partial charge in [0.1, 0.15) is 11.4 Å². The van der Waals surface area contributed by atoms with Crippen molar-refractivity contribution in [3.63, 3.8) is 0 Å². The van der Waals surface area contributed by atoms with Gasteiger partial charge in [-0.3, -0.25) is 9.59 Å². The topological polar surface area (TPSA) is 104 Å². The van der Waals surface area contributed by atoms with E-state index in [1.165, 1.54) is 0 Å². The number of rotatable bonds is 7. The van der Waals surface area contributed by atoms with E-state index in [2.05, 4.69) is 26.3 Å². The van der Waals surface area contributed by atoms with Gasteiger partial charge in [-0.1, -0.05) is 0 Å². The number of ether oxygens (including phenoxy) is 1. The minimum atomic E-state index is -4.55. The molecule has 0 aromatic carbocycles. The molecule has 1 aliphatic heterocycles. The number of halogens is 5. The first-order valence-corrected chi connectivity index (χ1v) is 10.0. The molecule has 32 heavy (non-hydrogen) atoms. The molecule has 2 amide bonds. The molecule has 4 fully saturated rings. The van der Waals surface area contributed by atoms with Crippen LogP contribution in [0.4, 0.5) is 22.0 Å². The van der Waals surface area contributed by atoms with E-state index in [0.717, 1.165) is 18.3 Å². The van der Waals surface area contributed by atoms with Crippen molar-refractivity contribution >= 4 is 11.8 Å². The molecule has 2 atom stereocenters. The summed E-state index contributed by atoms with van der Waals surface area (Å²) in [5.74, 6) is -0.666. The molecule has 2 heterocycles. The van der Waals surface area contributed by atoms with E-state index in [4.69, 9.17) is 4.74 Å². The summed E-state index contributed by atoms with van der Waals surface area (Å²) in [5.41, 5.74) is -1.90. The summed E-state index contributed by atoms with van der Waals surface area (Å²) >= 11 is 0. The van der Waals surface area contributed by atoms with Crippen molar-refractivity contribution in [2.75, 3.05) is 19.7 Å². The lowest BCUT2D eigenvalue weighted by Crippen LogP contribution is -2.84. The van der Waals surface area contributed by atoms with Gasteiger partial charge >= 0.3 is 6.18 Å². The van der Waals surface area contributed by atoms with Gasteiger partial charge in [0.15, 0.2) is 6.61 Å². The van der Waals surface area contributed by atoms with Gasteiger partial charge in [0.2, 0.25) is 5.91 Å². The van der Waals surface area contributed by atoms with Crippen molar-refractivity contribution in [3.05, 3.63) is 24.0 Å². The van der Waals surface area contributed by atoms with Crippen LogP contribution in [0, 0.1) is 0 Å². The number of piperazine rings is 1. The van der Waals surface area contributed by atoms with Crippen molar-refractivity contribution in [2.45, 2.75) is 55.0 Å². The van der Waals surface area contributed by atoms with E-state index in [9.17, 15) is 31.5 Å². The molecule has 0 radical (unpaired) electrons. The van der Waals surface area contributed by atoms with E-state index < -0.39 is 47.4 Å². The Morgan fingerprint density at radius 1 is 1.12 bits per heavy atom. The van der Waals surface area contributed by atoms with Crippen LogP contribution >= 0.6 is 0 Å². The first-order valence-electron chi connectivity index (χ1n) is 10.0. The summed E-state index contributed by atoms with van der Waals surface area (Å²) in [6, 6.07) is 0.278. The highest BCUT2D eigenvalue weighted by Gasteiger charge is 2.69. The maximum atomic E-state index is 12.7. The zero-order valence-electron chi connectivity index (χ0n) is 16.8. The molecular formula is C19H22F5N5O3. The monoisotopic (exact) mass is 463 g/mol. The van der Waals surface area contributed by atoms with Crippen LogP contribution in [0.1, 0.15) is 25.0 Å². The number of aromatic nitrogens is 1. The minimum Gasteiger partial charge on any atom is -0.482 e. The number of pyridine rings is 1. The molecule has 0 spiro atoms. The highest BCUT2D eigenvalue weighted by atomic mass is 19.4. The van der Waals surface area contributed by atoms with Crippen LogP contribution in [0.5, 0.6) is 5.75 Å². The third-order valence-corrected chi connectivity index (χ3v) is 6.01. The molecule has 8 nitrogen and oxygen atoms in total. The molecule has 1 saturated heterocycles. The zero-order valence-corrected chi connectivity index (χ0v) is 16.8. The van der Waals surface area contributed by atoms with Gasteiger partial charge in [0.25, 0.3) is 12.3 Å². The normalized spacial score (nSPS) is 31.3. The fourth-order valence-electron chi connectivity index (χ4n) is 4.56. The van der Waals surface area contributed by atoms with Crippen LogP contribution in [0.25, 0.3) is 0 Å². The fraction of sp³-hybridized carbons (Fsp3) is 0.632. The lowest BCUT2D eigenvalue weighted by Gasteiger charge is -2.70. The second-order valence-electron chi connectivity index (χ2n) is 8.60. The molecule has 4 N–H and O–H groups in total. The maximum Gasteiger partial charge on any atom is 0.433 e. The summed E-state index contributed by atoms with van der Waals surface area (Å²) in [7, 11) is 0. The van der Waals surface area contributed by atoms with Gasteiger partial charge in [-0.25, -0.2) is 13.8 Å². The van der Waals surface area contributed by atoms with Crippen molar-refractivity contribution in [3.8, 4) is 5.75 Å². The Hall–Kier alpha value is -2.54. The fourth-order valence-corrected chi connectivity index (χ4v) is 4.56. The molecule has 3 saturated carbocycles. The van der Waals surface area contributed by atoms with E-state index >= 15 is 0 Å².